The molecule has 0 bridgehead atoms. The molecule has 0 spiro atoms. The van der Waals surface area contributed by atoms with E-state index in [9.17, 15) is 22.8 Å². The summed E-state index contributed by atoms with van der Waals surface area (Å²) < 4.78 is 52.0. The minimum Gasteiger partial charge on any atom is -0.460 e. The fourth-order valence-electron chi connectivity index (χ4n) is 4.51. The van der Waals surface area contributed by atoms with E-state index in [1.807, 2.05) is 6.92 Å². The van der Waals surface area contributed by atoms with E-state index in [0.29, 0.717) is 22.5 Å². The summed E-state index contributed by atoms with van der Waals surface area (Å²) in [5.41, 5.74) is 0.824. The number of hydrogen-bond donors (Lipinski definition) is 0. The molecule has 42 heavy (non-hydrogen) atoms. The Labute approximate surface area is 251 Å². The van der Waals surface area contributed by atoms with Gasteiger partial charge < -0.3 is 14.2 Å². The van der Waals surface area contributed by atoms with E-state index in [-0.39, 0.29) is 55.6 Å². The van der Waals surface area contributed by atoms with Gasteiger partial charge in [0.25, 0.3) is 5.91 Å². The van der Waals surface area contributed by atoms with Gasteiger partial charge in [0.2, 0.25) is 0 Å². The summed E-state index contributed by atoms with van der Waals surface area (Å²) in [5, 5.41) is 7.96. The van der Waals surface area contributed by atoms with Crippen molar-refractivity contribution in [1.82, 2.24) is 19.9 Å². The van der Waals surface area contributed by atoms with Crippen LogP contribution < -0.4 is 4.90 Å². The second-order valence-corrected chi connectivity index (χ2v) is 11.1. The van der Waals surface area contributed by atoms with E-state index in [4.69, 9.17) is 20.9 Å². The Balaban J connectivity index is 0.00000405. The Bertz CT molecular complexity index is 1630. The standard InChI is InChI=1S/C28H25ClF3N5O4.H2S/c1-15-14-36(18-7-8-20(21(29)10-18)28(30,31)32)26(39)25-19(13-34-37(15)25)23-11-22(35-41-23)16-5-6-17(33-12-16)9-24(38)40-27(2,3)4;/h5-8,10-13,15H,9,14H2,1-4H3;1H2/t15-;/m0./s1. The van der Waals surface area contributed by atoms with Gasteiger partial charge in [-0.1, -0.05) is 16.8 Å². The molecule has 0 radical (unpaired) electrons. The van der Waals surface area contributed by atoms with Crippen molar-refractivity contribution in [2.75, 3.05) is 11.4 Å². The summed E-state index contributed by atoms with van der Waals surface area (Å²) in [5.74, 6) is -0.594. The predicted octanol–water partition coefficient (Wildman–Crippen LogP) is 6.49. The third-order valence-electron chi connectivity index (χ3n) is 6.32. The molecule has 1 atom stereocenters. The van der Waals surface area contributed by atoms with Crippen LogP contribution in [-0.2, 0) is 22.1 Å². The molecule has 0 fully saturated rings. The molecule has 1 aromatic carbocycles. The minimum absolute atomic E-state index is 0. The number of halogens is 4. The zero-order valence-electron chi connectivity index (χ0n) is 23.0. The number of carbonyl (C=O) groups is 2. The van der Waals surface area contributed by atoms with Crippen LogP contribution in [0.3, 0.4) is 0 Å². The number of fused-ring (bicyclic) bond motifs is 1. The van der Waals surface area contributed by atoms with Gasteiger partial charge in [-0.15, -0.1) is 0 Å². The SMILES string of the molecule is C[C@H]1CN(c2ccc(C(F)(F)F)c(Cl)c2)C(=O)c2c(-c3cc(-c4ccc(CC(=O)OC(C)(C)C)nc4)no3)cnn21.S. The Morgan fingerprint density at radius 3 is 2.50 bits per heavy atom. The quantitative estimate of drug-likeness (QED) is 0.235. The maximum Gasteiger partial charge on any atom is 0.417 e. The molecule has 4 heterocycles. The molecular weight excluding hydrogens is 595 g/mol. The van der Waals surface area contributed by atoms with Gasteiger partial charge >= 0.3 is 12.1 Å². The van der Waals surface area contributed by atoms with Gasteiger partial charge in [0, 0.05) is 30.1 Å². The maximum atomic E-state index is 13.6. The smallest absolute Gasteiger partial charge is 0.417 e. The number of pyridine rings is 1. The number of benzene rings is 1. The Morgan fingerprint density at radius 1 is 1.14 bits per heavy atom. The van der Waals surface area contributed by atoms with E-state index in [1.165, 1.54) is 17.2 Å². The number of aromatic nitrogens is 4. The number of alkyl halides is 3. The van der Waals surface area contributed by atoms with Gasteiger partial charge in [-0.3, -0.25) is 19.3 Å². The number of amides is 1. The lowest BCUT2D eigenvalue weighted by Crippen LogP contribution is -2.42. The zero-order chi connectivity index (χ0) is 29.7. The minimum atomic E-state index is -4.61. The number of rotatable bonds is 5. The number of carbonyl (C=O) groups excluding carboxylic acids is 2. The van der Waals surface area contributed by atoms with Crippen LogP contribution in [0.5, 0.6) is 0 Å². The van der Waals surface area contributed by atoms with Crippen LogP contribution in [-0.4, -0.2) is 43.9 Å². The number of anilines is 1. The third-order valence-corrected chi connectivity index (χ3v) is 6.63. The molecule has 0 saturated carbocycles. The highest BCUT2D eigenvalue weighted by molar-refractivity contribution is 7.59. The first kappa shape index (κ1) is 31.1. The lowest BCUT2D eigenvalue weighted by molar-refractivity contribution is -0.154. The lowest BCUT2D eigenvalue weighted by Gasteiger charge is -2.32. The molecule has 0 saturated heterocycles. The first-order chi connectivity index (χ1) is 19.2. The van der Waals surface area contributed by atoms with Crippen LogP contribution >= 0.6 is 25.1 Å². The summed E-state index contributed by atoms with van der Waals surface area (Å²) >= 11 is 5.92. The maximum absolute atomic E-state index is 13.6. The Morgan fingerprint density at radius 2 is 1.88 bits per heavy atom. The highest BCUT2D eigenvalue weighted by Gasteiger charge is 2.37. The first-order valence-corrected chi connectivity index (χ1v) is 13.0. The summed E-state index contributed by atoms with van der Waals surface area (Å²) in [6, 6.07) is 7.98. The first-order valence-electron chi connectivity index (χ1n) is 12.6. The summed E-state index contributed by atoms with van der Waals surface area (Å²) in [6.07, 6.45) is -1.55. The average Bonchev–Trinajstić information content (AvgIpc) is 3.53. The fourth-order valence-corrected chi connectivity index (χ4v) is 4.79. The molecule has 9 nitrogen and oxygen atoms in total. The van der Waals surface area contributed by atoms with E-state index < -0.39 is 28.3 Å². The van der Waals surface area contributed by atoms with Crippen LogP contribution in [0.15, 0.2) is 53.3 Å². The molecule has 3 aromatic heterocycles. The molecule has 1 aliphatic heterocycles. The van der Waals surface area contributed by atoms with Crippen molar-refractivity contribution >= 4 is 42.7 Å². The van der Waals surface area contributed by atoms with E-state index in [0.717, 1.165) is 12.1 Å². The molecule has 222 valence electrons. The van der Waals surface area contributed by atoms with Crippen LogP contribution in [0.25, 0.3) is 22.6 Å². The van der Waals surface area contributed by atoms with Crippen LogP contribution in [0.2, 0.25) is 5.02 Å². The summed E-state index contributed by atoms with van der Waals surface area (Å²) in [6.45, 7) is 7.38. The normalized spacial score (nSPS) is 15.3. The summed E-state index contributed by atoms with van der Waals surface area (Å²) in [7, 11) is 0. The van der Waals surface area contributed by atoms with Crippen LogP contribution in [0.4, 0.5) is 18.9 Å². The molecule has 14 heteroatoms. The van der Waals surface area contributed by atoms with E-state index in [2.05, 4.69) is 15.2 Å². The number of nitrogens with zero attached hydrogens (tertiary/aromatic N) is 5. The molecular formula is C28H27ClF3N5O4S. The van der Waals surface area contributed by atoms with Crippen molar-refractivity contribution in [1.29, 1.82) is 0 Å². The second kappa shape index (κ2) is 11.4. The predicted molar refractivity (Wildman–Crippen MR) is 154 cm³/mol. The molecule has 0 N–H and O–H groups in total. The van der Waals surface area contributed by atoms with Crippen molar-refractivity contribution in [2.45, 2.75) is 51.9 Å². The molecule has 0 unspecified atom stereocenters. The van der Waals surface area contributed by atoms with Gasteiger partial charge in [0.05, 0.1) is 40.5 Å². The van der Waals surface area contributed by atoms with Gasteiger partial charge in [-0.2, -0.15) is 31.8 Å². The van der Waals surface area contributed by atoms with E-state index >= 15 is 0 Å². The average molecular weight is 622 g/mol. The van der Waals surface area contributed by atoms with Crippen molar-refractivity contribution in [2.24, 2.45) is 0 Å². The fraction of sp³-hybridized carbons (Fsp3) is 0.321. The van der Waals surface area contributed by atoms with Crippen molar-refractivity contribution in [3.8, 4) is 22.6 Å². The van der Waals surface area contributed by atoms with Crippen molar-refractivity contribution < 1.29 is 32.0 Å². The second-order valence-electron chi connectivity index (χ2n) is 10.7. The van der Waals surface area contributed by atoms with Crippen molar-refractivity contribution in [3.05, 3.63) is 70.8 Å². The zero-order valence-corrected chi connectivity index (χ0v) is 24.7. The largest absolute Gasteiger partial charge is 0.460 e. The lowest BCUT2D eigenvalue weighted by atomic mass is 10.1. The van der Waals surface area contributed by atoms with Gasteiger partial charge in [-0.05, 0) is 58.0 Å². The molecule has 4 aromatic rings. The number of esters is 1. The van der Waals surface area contributed by atoms with Gasteiger partial charge in [0.15, 0.2) is 5.76 Å². The monoisotopic (exact) mass is 621 g/mol. The van der Waals surface area contributed by atoms with Gasteiger partial charge in [0.1, 0.15) is 17.0 Å². The van der Waals surface area contributed by atoms with E-state index in [1.54, 1.807) is 49.8 Å². The van der Waals surface area contributed by atoms with Crippen LogP contribution in [0, 0.1) is 0 Å². The third kappa shape index (κ3) is 6.31. The molecule has 1 aliphatic rings. The van der Waals surface area contributed by atoms with Gasteiger partial charge in [-0.25, -0.2) is 0 Å². The van der Waals surface area contributed by atoms with Crippen LogP contribution in [0.1, 0.15) is 55.5 Å². The highest BCUT2D eigenvalue weighted by Crippen LogP contribution is 2.39. The topological polar surface area (TPSA) is 103 Å². The molecule has 0 aliphatic carbocycles. The number of hydrogen-bond acceptors (Lipinski definition) is 7. The Kier molecular flexibility index (Phi) is 8.47. The highest BCUT2D eigenvalue weighted by atomic mass is 35.5. The number of ether oxygens (including phenoxy) is 1. The Hall–Kier alpha value is -3.84. The molecule has 1 amide bonds. The van der Waals surface area contributed by atoms with Crippen molar-refractivity contribution in [3.63, 3.8) is 0 Å². The molecule has 5 rings (SSSR count). The summed E-state index contributed by atoms with van der Waals surface area (Å²) in [4.78, 5) is 31.4.